The lowest BCUT2D eigenvalue weighted by atomic mass is 10.0. The summed E-state index contributed by atoms with van der Waals surface area (Å²) in [4.78, 5) is 30.8. The molecule has 0 bridgehead atoms. The van der Waals surface area contributed by atoms with E-state index in [4.69, 9.17) is 9.15 Å². The molecule has 2 aromatic heterocycles. The second-order valence-electron chi connectivity index (χ2n) is 8.18. The predicted molar refractivity (Wildman–Crippen MR) is 132 cm³/mol. The molecule has 9 heteroatoms. The summed E-state index contributed by atoms with van der Waals surface area (Å²) in [5, 5.41) is 7.55. The Morgan fingerprint density at radius 3 is 2.53 bits per heavy atom. The lowest BCUT2D eigenvalue weighted by Gasteiger charge is -2.42. The lowest BCUT2D eigenvalue weighted by molar-refractivity contribution is -0.140. The Hall–Kier alpha value is -3.30. The van der Waals surface area contributed by atoms with Crippen LogP contribution in [0.15, 0.2) is 64.6 Å². The zero-order valence-electron chi connectivity index (χ0n) is 19.4. The molecule has 34 heavy (non-hydrogen) atoms. The molecule has 1 saturated heterocycles. The first kappa shape index (κ1) is 23.8. The van der Waals surface area contributed by atoms with E-state index in [1.807, 2.05) is 36.6 Å². The van der Waals surface area contributed by atoms with Crippen molar-refractivity contribution in [1.82, 2.24) is 15.5 Å². The van der Waals surface area contributed by atoms with Crippen molar-refractivity contribution in [1.29, 1.82) is 0 Å². The molecule has 1 aliphatic rings. The molecule has 4 rings (SSSR count). The fourth-order valence-electron chi connectivity index (χ4n) is 4.35. The van der Waals surface area contributed by atoms with Gasteiger partial charge in [0.2, 0.25) is 0 Å². The molecule has 0 radical (unpaired) electrons. The highest BCUT2D eigenvalue weighted by Gasteiger charge is 2.32. The van der Waals surface area contributed by atoms with Crippen LogP contribution >= 0.6 is 11.3 Å². The van der Waals surface area contributed by atoms with Gasteiger partial charge in [0.15, 0.2) is 0 Å². The Kier molecular flexibility index (Phi) is 7.87. The molecule has 0 aliphatic carbocycles. The van der Waals surface area contributed by atoms with Gasteiger partial charge in [-0.15, -0.1) is 11.3 Å². The van der Waals surface area contributed by atoms with Gasteiger partial charge >= 0.3 is 11.8 Å². The maximum absolute atomic E-state index is 12.6. The first-order valence-electron chi connectivity index (χ1n) is 11.3. The Bertz CT molecular complexity index is 1060. The van der Waals surface area contributed by atoms with Gasteiger partial charge in [0, 0.05) is 37.1 Å². The van der Waals surface area contributed by atoms with E-state index >= 15 is 0 Å². The number of rotatable bonds is 8. The largest absolute Gasteiger partial charge is 0.495 e. The van der Waals surface area contributed by atoms with Crippen LogP contribution in [0.3, 0.4) is 0 Å². The number of nitrogens with zero attached hydrogens (tertiary/aromatic N) is 2. The molecule has 3 heterocycles. The second kappa shape index (κ2) is 11.2. The van der Waals surface area contributed by atoms with E-state index in [2.05, 4.69) is 32.6 Å². The fraction of sp³-hybridized carbons (Fsp3) is 0.360. The van der Waals surface area contributed by atoms with Crippen molar-refractivity contribution in [2.75, 3.05) is 38.2 Å². The van der Waals surface area contributed by atoms with Crippen LogP contribution in [-0.2, 0) is 16.1 Å². The van der Waals surface area contributed by atoms with Gasteiger partial charge in [0.25, 0.3) is 0 Å². The van der Waals surface area contributed by atoms with E-state index in [1.54, 1.807) is 30.6 Å². The van der Waals surface area contributed by atoms with Gasteiger partial charge in [-0.3, -0.25) is 14.5 Å². The number of ether oxygens (including phenoxy) is 1. The molecule has 2 amide bonds. The molecule has 8 nitrogen and oxygen atoms in total. The first-order chi connectivity index (χ1) is 16.6. The highest BCUT2D eigenvalue weighted by Crippen LogP contribution is 2.32. The number of carbonyl (C=O) groups is 2. The molecule has 1 fully saturated rings. The number of hydrogen-bond donors (Lipinski definition) is 2. The van der Waals surface area contributed by atoms with E-state index in [-0.39, 0.29) is 18.6 Å². The van der Waals surface area contributed by atoms with Crippen LogP contribution in [-0.4, -0.2) is 56.0 Å². The Balaban J connectivity index is 1.39. The third-order valence-corrected chi connectivity index (χ3v) is 6.95. The van der Waals surface area contributed by atoms with E-state index in [9.17, 15) is 9.59 Å². The molecule has 0 saturated carbocycles. The lowest BCUT2D eigenvalue weighted by Crippen LogP contribution is -2.53. The molecular weight excluding hydrogens is 452 g/mol. The zero-order chi connectivity index (χ0) is 23.9. The van der Waals surface area contributed by atoms with Crippen LogP contribution in [0.1, 0.15) is 23.6 Å². The maximum Gasteiger partial charge on any atom is 0.309 e. The van der Waals surface area contributed by atoms with Crippen molar-refractivity contribution in [3.05, 3.63) is 70.8 Å². The number of anilines is 1. The zero-order valence-corrected chi connectivity index (χ0v) is 20.2. The standard InChI is InChI=1S/C25H30N4O4S/c1-18(27-25(31)24(30)26-17-19-7-5-15-33-19)23(22-10-6-16-34-22)29-13-11-28(12-14-29)20-8-3-4-9-21(20)32-2/h3-10,15-16,18,23H,11-14,17H2,1-2H3,(H,26,30)(H,27,31)/t18-,23+/m1/s1. The Morgan fingerprint density at radius 1 is 1.06 bits per heavy atom. The number of methoxy groups -OCH3 is 1. The van der Waals surface area contributed by atoms with Gasteiger partial charge < -0.3 is 24.7 Å². The van der Waals surface area contributed by atoms with E-state index in [1.165, 1.54) is 6.26 Å². The average molecular weight is 483 g/mol. The number of thiophene rings is 1. The summed E-state index contributed by atoms with van der Waals surface area (Å²) in [6.45, 7) is 5.46. The molecule has 180 valence electrons. The molecular formula is C25H30N4O4S. The molecule has 1 aliphatic heterocycles. The van der Waals surface area contributed by atoms with Gasteiger partial charge in [-0.25, -0.2) is 0 Å². The smallest absolute Gasteiger partial charge is 0.309 e. The summed E-state index contributed by atoms with van der Waals surface area (Å²) in [7, 11) is 1.69. The minimum Gasteiger partial charge on any atom is -0.495 e. The molecule has 1 aromatic carbocycles. The Morgan fingerprint density at radius 2 is 1.85 bits per heavy atom. The summed E-state index contributed by atoms with van der Waals surface area (Å²) in [6.07, 6.45) is 1.53. The van der Waals surface area contributed by atoms with Gasteiger partial charge in [0.1, 0.15) is 11.5 Å². The molecule has 2 atom stereocenters. The minimum atomic E-state index is -0.672. The number of piperazine rings is 1. The van der Waals surface area contributed by atoms with Crippen molar-refractivity contribution in [3.63, 3.8) is 0 Å². The molecule has 2 N–H and O–H groups in total. The summed E-state index contributed by atoms with van der Waals surface area (Å²) in [5.74, 6) is 0.146. The van der Waals surface area contributed by atoms with Gasteiger partial charge in [-0.2, -0.15) is 0 Å². The van der Waals surface area contributed by atoms with Crippen molar-refractivity contribution in [2.24, 2.45) is 0 Å². The predicted octanol–water partition coefficient (Wildman–Crippen LogP) is 3.03. The van der Waals surface area contributed by atoms with Crippen molar-refractivity contribution in [3.8, 4) is 5.75 Å². The van der Waals surface area contributed by atoms with Crippen LogP contribution in [0.4, 0.5) is 5.69 Å². The molecule has 0 unspecified atom stereocenters. The van der Waals surface area contributed by atoms with Crippen LogP contribution in [0.2, 0.25) is 0 Å². The summed E-state index contributed by atoms with van der Waals surface area (Å²) < 4.78 is 10.7. The number of hydrogen-bond acceptors (Lipinski definition) is 7. The normalized spacial score (nSPS) is 16.0. The quantitative estimate of drug-likeness (QED) is 0.480. The SMILES string of the molecule is COc1ccccc1N1CCN([C@H](c2cccs2)[C@@H](C)NC(=O)C(=O)NCc2ccco2)CC1. The molecule has 0 spiro atoms. The summed E-state index contributed by atoms with van der Waals surface area (Å²) >= 11 is 1.66. The van der Waals surface area contributed by atoms with Crippen LogP contribution in [0.5, 0.6) is 5.75 Å². The number of nitrogens with one attached hydrogen (secondary N) is 2. The number of para-hydroxylation sites is 2. The summed E-state index contributed by atoms with van der Waals surface area (Å²) in [5.41, 5.74) is 1.09. The number of amides is 2. The van der Waals surface area contributed by atoms with Crippen molar-refractivity contribution >= 4 is 28.8 Å². The van der Waals surface area contributed by atoms with Crippen LogP contribution in [0.25, 0.3) is 0 Å². The topological polar surface area (TPSA) is 87.0 Å². The summed E-state index contributed by atoms with van der Waals surface area (Å²) in [6, 6.07) is 15.4. The second-order valence-corrected chi connectivity index (χ2v) is 9.16. The van der Waals surface area contributed by atoms with Crippen molar-refractivity contribution < 1.29 is 18.7 Å². The minimum absolute atomic E-state index is 0.0263. The third kappa shape index (κ3) is 5.60. The third-order valence-electron chi connectivity index (χ3n) is 6.01. The van der Waals surface area contributed by atoms with Gasteiger partial charge in [0.05, 0.1) is 31.6 Å². The van der Waals surface area contributed by atoms with Crippen molar-refractivity contribution in [2.45, 2.75) is 25.6 Å². The van der Waals surface area contributed by atoms with E-state index in [0.29, 0.717) is 5.76 Å². The average Bonchev–Trinajstić information content (AvgIpc) is 3.58. The first-order valence-corrected chi connectivity index (χ1v) is 12.2. The van der Waals surface area contributed by atoms with Crippen LogP contribution in [0, 0.1) is 0 Å². The van der Waals surface area contributed by atoms with Gasteiger partial charge in [-0.1, -0.05) is 18.2 Å². The fourth-order valence-corrected chi connectivity index (χ4v) is 5.31. The maximum atomic E-state index is 12.6. The van der Waals surface area contributed by atoms with Crippen LogP contribution < -0.4 is 20.3 Å². The number of benzene rings is 1. The van der Waals surface area contributed by atoms with E-state index in [0.717, 1.165) is 42.5 Å². The molecule has 3 aromatic rings. The number of carbonyl (C=O) groups excluding carboxylic acids is 2. The monoisotopic (exact) mass is 482 g/mol. The Labute approximate surface area is 203 Å². The van der Waals surface area contributed by atoms with Gasteiger partial charge in [-0.05, 0) is 42.6 Å². The van der Waals surface area contributed by atoms with E-state index < -0.39 is 11.8 Å². The number of furan rings is 1. The highest BCUT2D eigenvalue weighted by atomic mass is 32.1. The highest BCUT2D eigenvalue weighted by molar-refractivity contribution is 7.10.